The smallest absolute Gasteiger partial charge is 0.159 e. The van der Waals surface area contributed by atoms with E-state index in [0.29, 0.717) is 0 Å². The van der Waals surface area contributed by atoms with Crippen molar-refractivity contribution >= 4 is 15.9 Å². The molecule has 1 aliphatic rings. The van der Waals surface area contributed by atoms with E-state index in [1.807, 2.05) is 0 Å². The second-order valence-corrected chi connectivity index (χ2v) is 5.69. The van der Waals surface area contributed by atoms with Crippen LogP contribution in [0.5, 0.6) is 0 Å². The normalized spacial score (nSPS) is 13.6. The second-order valence-electron chi connectivity index (χ2n) is 4.84. The topological polar surface area (TPSA) is 37.8 Å². The van der Waals surface area contributed by atoms with Crippen LogP contribution in [0.3, 0.4) is 0 Å². The molecule has 0 bridgehead atoms. The Bertz CT molecular complexity index is 638. The fourth-order valence-corrected chi connectivity index (χ4v) is 2.77. The van der Waals surface area contributed by atoms with Crippen LogP contribution >= 0.6 is 15.9 Å². The Morgan fingerprint density at radius 1 is 1.26 bits per heavy atom. The summed E-state index contributed by atoms with van der Waals surface area (Å²) in [6.45, 7) is 5.98. The third-order valence-corrected chi connectivity index (χ3v) is 4.39. The molecule has 0 amide bonds. The highest BCUT2D eigenvalue weighted by Gasteiger charge is 2.18. The average Bonchev–Trinajstić information content (AvgIpc) is 2.89. The van der Waals surface area contributed by atoms with Gasteiger partial charge in [0, 0.05) is 34.4 Å². The number of rotatable bonds is 2. The van der Waals surface area contributed by atoms with Crippen LogP contribution in [0.15, 0.2) is 22.7 Å². The summed E-state index contributed by atoms with van der Waals surface area (Å²) < 4.78 is 1.10. The second kappa shape index (κ2) is 5.02. The molecule has 2 aromatic rings. The quantitative estimate of drug-likeness (QED) is 0.922. The number of nitrogens with zero attached hydrogens (tertiary/aromatic N) is 2. The fourth-order valence-electron chi connectivity index (χ4n) is 2.39. The molecule has 3 rings (SSSR count). The first-order valence-electron chi connectivity index (χ1n) is 6.55. The monoisotopic (exact) mass is 317 g/mol. The summed E-state index contributed by atoms with van der Waals surface area (Å²) in [7, 11) is 0. The molecule has 0 spiro atoms. The molecule has 1 aromatic heterocycles. The van der Waals surface area contributed by atoms with Gasteiger partial charge in [0.15, 0.2) is 5.82 Å². The van der Waals surface area contributed by atoms with E-state index >= 15 is 0 Å². The summed E-state index contributed by atoms with van der Waals surface area (Å²) in [6.07, 6.45) is 0.951. The maximum atomic E-state index is 4.73. The van der Waals surface area contributed by atoms with Gasteiger partial charge < -0.3 is 5.32 Å². The molecule has 0 radical (unpaired) electrons. The fraction of sp³-hybridized carbons (Fsp3) is 0.333. The van der Waals surface area contributed by atoms with E-state index in [0.717, 1.165) is 41.1 Å². The minimum Gasteiger partial charge on any atom is -0.307 e. The Kier molecular flexibility index (Phi) is 3.37. The van der Waals surface area contributed by atoms with E-state index in [2.05, 4.69) is 53.3 Å². The van der Waals surface area contributed by atoms with Crippen LogP contribution in [0.4, 0.5) is 0 Å². The van der Waals surface area contributed by atoms with Crippen LogP contribution in [0, 0.1) is 6.92 Å². The number of aromatic nitrogens is 2. The molecule has 3 nitrogen and oxygen atoms in total. The molecule has 19 heavy (non-hydrogen) atoms. The molecule has 0 saturated heterocycles. The lowest BCUT2D eigenvalue weighted by Crippen LogP contribution is -2.02. The van der Waals surface area contributed by atoms with E-state index in [1.54, 1.807) is 0 Å². The van der Waals surface area contributed by atoms with Crippen LogP contribution in [0.2, 0.25) is 0 Å². The first kappa shape index (κ1) is 12.8. The zero-order valence-electron chi connectivity index (χ0n) is 11.1. The summed E-state index contributed by atoms with van der Waals surface area (Å²) in [4.78, 5) is 9.44. The van der Waals surface area contributed by atoms with Gasteiger partial charge in [0.1, 0.15) is 0 Å². The molecule has 2 heterocycles. The molecule has 1 aliphatic heterocycles. The summed E-state index contributed by atoms with van der Waals surface area (Å²) in [5, 5.41) is 3.35. The van der Waals surface area contributed by atoms with Crippen molar-refractivity contribution in [1.82, 2.24) is 15.3 Å². The van der Waals surface area contributed by atoms with Crippen molar-refractivity contribution in [1.29, 1.82) is 0 Å². The van der Waals surface area contributed by atoms with Gasteiger partial charge in [-0.15, -0.1) is 0 Å². The zero-order chi connectivity index (χ0) is 13.4. The highest BCUT2D eigenvalue weighted by atomic mass is 79.9. The van der Waals surface area contributed by atoms with Gasteiger partial charge in [-0.3, -0.25) is 0 Å². The van der Waals surface area contributed by atoms with Gasteiger partial charge in [-0.25, -0.2) is 9.97 Å². The molecule has 0 saturated carbocycles. The van der Waals surface area contributed by atoms with Gasteiger partial charge >= 0.3 is 0 Å². The number of aryl methyl sites for hydroxylation is 2. The molecule has 0 atom stereocenters. The Hall–Kier alpha value is -1.26. The molecule has 0 fully saturated rings. The van der Waals surface area contributed by atoms with Gasteiger partial charge in [-0.05, 0) is 25.0 Å². The van der Waals surface area contributed by atoms with Crippen molar-refractivity contribution in [3.8, 4) is 11.4 Å². The minimum absolute atomic E-state index is 0.833. The Morgan fingerprint density at radius 2 is 2.11 bits per heavy atom. The van der Waals surface area contributed by atoms with Gasteiger partial charge in [-0.2, -0.15) is 0 Å². The van der Waals surface area contributed by atoms with Crippen molar-refractivity contribution in [2.24, 2.45) is 0 Å². The molecular formula is C15H16BrN3. The number of hydrogen-bond donors (Lipinski definition) is 1. The molecule has 4 heteroatoms. The van der Waals surface area contributed by atoms with Crippen molar-refractivity contribution in [2.45, 2.75) is 33.4 Å². The molecule has 1 N–H and O–H groups in total. The van der Waals surface area contributed by atoms with Crippen LogP contribution in [0.1, 0.15) is 29.4 Å². The first-order valence-corrected chi connectivity index (χ1v) is 7.34. The van der Waals surface area contributed by atoms with Crippen molar-refractivity contribution in [2.75, 3.05) is 0 Å². The predicted octanol–water partition coefficient (Wildman–Crippen LogP) is 3.38. The Labute approximate surface area is 121 Å². The maximum absolute atomic E-state index is 4.73. The van der Waals surface area contributed by atoms with E-state index in [9.17, 15) is 0 Å². The summed E-state index contributed by atoms with van der Waals surface area (Å²) >= 11 is 3.57. The largest absolute Gasteiger partial charge is 0.307 e. The molecule has 1 aromatic carbocycles. The molecule has 0 aliphatic carbocycles. The van der Waals surface area contributed by atoms with Gasteiger partial charge in [0.25, 0.3) is 0 Å². The first-order chi connectivity index (χ1) is 9.19. The van der Waals surface area contributed by atoms with Crippen LogP contribution < -0.4 is 5.32 Å². The lowest BCUT2D eigenvalue weighted by atomic mass is 10.1. The number of hydrogen-bond acceptors (Lipinski definition) is 3. The lowest BCUT2D eigenvalue weighted by molar-refractivity contribution is 0.755. The number of halogens is 1. The van der Waals surface area contributed by atoms with E-state index in [-0.39, 0.29) is 0 Å². The van der Waals surface area contributed by atoms with E-state index in [4.69, 9.17) is 9.97 Å². The summed E-state index contributed by atoms with van der Waals surface area (Å²) in [5.41, 5.74) is 5.90. The molecule has 0 unspecified atom stereocenters. The van der Waals surface area contributed by atoms with Gasteiger partial charge in [0.05, 0.1) is 5.69 Å². The lowest BCUT2D eigenvalue weighted by Gasteiger charge is -2.09. The minimum atomic E-state index is 0.833. The average molecular weight is 318 g/mol. The van der Waals surface area contributed by atoms with Gasteiger partial charge in [0.2, 0.25) is 0 Å². The number of nitrogens with one attached hydrogen (secondary N) is 1. The van der Waals surface area contributed by atoms with E-state index in [1.165, 1.54) is 16.8 Å². The predicted molar refractivity (Wildman–Crippen MR) is 79.8 cm³/mol. The maximum Gasteiger partial charge on any atom is 0.159 e. The number of benzene rings is 1. The van der Waals surface area contributed by atoms with Gasteiger partial charge in [-0.1, -0.05) is 35.0 Å². The highest BCUT2D eigenvalue weighted by molar-refractivity contribution is 9.10. The van der Waals surface area contributed by atoms with E-state index < -0.39 is 0 Å². The molecule has 98 valence electrons. The summed E-state index contributed by atoms with van der Waals surface area (Å²) in [6, 6.07) is 6.28. The highest BCUT2D eigenvalue weighted by Crippen LogP contribution is 2.26. The number of fused-ring (bicyclic) bond motifs is 1. The third-order valence-electron chi connectivity index (χ3n) is 3.54. The Morgan fingerprint density at radius 3 is 2.84 bits per heavy atom. The summed E-state index contributed by atoms with van der Waals surface area (Å²) in [5.74, 6) is 0.833. The Balaban J connectivity index is 2.12. The van der Waals surface area contributed by atoms with Crippen molar-refractivity contribution in [3.63, 3.8) is 0 Å². The van der Waals surface area contributed by atoms with Crippen LogP contribution in [-0.2, 0) is 19.5 Å². The third kappa shape index (κ3) is 2.30. The van der Waals surface area contributed by atoms with Crippen LogP contribution in [-0.4, -0.2) is 9.97 Å². The van der Waals surface area contributed by atoms with Crippen molar-refractivity contribution < 1.29 is 0 Å². The molecular weight excluding hydrogens is 302 g/mol. The standard InChI is InChI=1S/C15H16BrN3/c1-3-13-11-7-17-8-14(11)19-15(18-13)10-5-4-9(2)12(16)6-10/h4-6,17H,3,7-8H2,1-2H3. The SMILES string of the molecule is CCc1nc(-c2ccc(C)c(Br)c2)nc2c1CNC2. The zero-order valence-corrected chi connectivity index (χ0v) is 12.7. The van der Waals surface area contributed by atoms with Crippen molar-refractivity contribution in [3.05, 3.63) is 45.2 Å². The van der Waals surface area contributed by atoms with Crippen LogP contribution in [0.25, 0.3) is 11.4 Å².